The number of halogens is 1. The molecular formula is C18H22ClNO. The van der Waals surface area contributed by atoms with Gasteiger partial charge >= 0.3 is 0 Å². The number of ether oxygens (including phenoxy) is 1. The lowest BCUT2D eigenvalue weighted by molar-refractivity contribution is 0.306. The molecule has 0 aromatic heterocycles. The summed E-state index contributed by atoms with van der Waals surface area (Å²) in [6.07, 6.45) is 0. The average molecular weight is 304 g/mol. The SMILES string of the molecule is Cc1ccc(OCc2ccc(CNC(C)C)cc2)c(Cl)c1. The Kier molecular flexibility index (Phi) is 5.66. The van der Waals surface area contributed by atoms with E-state index in [1.165, 1.54) is 5.56 Å². The summed E-state index contributed by atoms with van der Waals surface area (Å²) < 4.78 is 5.77. The normalized spacial score (nSPS) is 10.9. The third-order valence-electron chi connectivity index (χ3n) is 3.22. The van der Waals surface area contributed by atoms with Crippen molar-refractivity contribution >= 4 is 11.6 Å². The van der Waals surface area contributed by atoms with Crippen LogP contribution in [0.2, 0.25) is 5.02 Å². The monoisotopic (exact) mass is 303 g/mol. The molecule has 0 unspecified atom stereocenters. The molecule has 2 nitrogen and oxygen atoms in total. The average Bonchev–Trinajstić information content (AvgIpc) is 2.45. The second-order valence-electron chi connectivity index (χ2n) is 5.57. The van der Waals surface area contributed by atoms with Gasteiger partial charge in [-0.3, -0.25) is 0 Å². The summed E-state index contributed by atoms with van der Waals surface area (Å²) in [5.41, 5.74) is 3.55. The van der Waals surface area contributed by atoms with E-state index in [-0.39, 0.29) is 0 Å². The molecule has 112 valence electrons. The van der Waals surface area contributed by atoms with E-state index in [0.29, 0.717) is 17.7 Å². The van der Waals surface area contributed by atoms with Crippen LogP contribution in [0, 0.1) is 6.92 Å². The van der Waals surface area contributed by atoms with Gasteiger partial charge in [-0.2, -0.15) is 0 Å². The van der Waals surface area contributed by atoms with Gasteiger partial charge in [0, 0.05) is 12.6 Å². The molecule has 0 aliphatic carbocycles. The van der Waals surface area contributed by atoms with Gasteiger partial charge in [0.15, 0.2) is 0 Å². The number of nitrogens with one attached hydrogen (secondary N) is 1. The lowest BCUT2D eigenvalue weighted by Crippen LogP contribution is -2.21. The van der Waals surface area contributed by atoms with Crippen molar-refractivity contribution in [1.82, 2.24) is 5.32 Å². The lowest BCUT2D eigenvalue weighted by atomic mass is 10.1. The molecule has 0 saturated heterocycles. The third kappa shape index (κ3) is 5.07. The van der Waals surface area contributed by atoms with E-state index in [4.69, 9.17) is 16.3 Å². The predicted molar refractivity (Wildman–Crippen MR) is 88.9 cm³/mol. The van der Waals surface area contributed by atoms with E-state index in [2.05, 4.69) is 43.4 Å². The highest BCUT2D eigenvalue weighted by molar-refractivity contribution is 6.32. The molecule has 0 radical (unpaired) electrons. The molecule has 1 N–H and O–H groups in total. The van der Waals surface area contributed by atoms with E-state index < -0.39 is 0 Å². The number of hydrogen-bond donors (Lipinski definition) is 1. The van der Waals surface area contributed by atoms with Crippen LogP contribution in [0.1, 0.15) is 30.5 Å². The maximum atomic E-state index is 6.16. The first-order valence-corrected chi connectivity index (χ1v) is 7.62. The van der Waals surface area contributed by atoms with Crippen molar-refractivity contribution in [2.24, 2.45) is 0 Å². The first-order chi connectivity index (χ1) is 10.0. The molecule has 0 aliphatic heterocycles. The topological polar surface area (TPSA) is 21.3 Å². The van der Waals surface area contributed by atoms with Gasteiger partial charge in [-0.05, 0) is 35.7 Å². The molecule has 0 fully saturated rings. The fourth-order valence-corrected chi connectivity index (χ4v) is 2.25. The highest BCUT2D eigenvalue weighted by Crippen LogP contribution is 2.25. The van der Waals surface area contributed by atoms with Crippen molar-refractivity contribution in [3.05, 3.63) is 64.2 Å². The third-order valence-corrected chi connectivity index (χ3v) is 3.51. The minimum absolute atomic E-state index is 0.497. The summed E-state index contributed by atoms with van der Waals surface area (Å²) >= 11 is 6.16. The minimum atomic E-state index is 0.497. The Hall–Kier alpha value is -1.51. The quantitative estimate of drug-likeness (QED) is 0.833. The van der Waals surface area contributed by atoms with Gasteiger partial charge in [0.2, 0.25) is 0 Å². The fraction of sp³-hybridized carbons (Fsp3) is 0.333. The summed E-state index contributed by atoms with van der Waals surface area (Å²) in [7, 11) is 0. The van der Waals surface area contributed by atoms with Crippen molar-refractivity contribution in [3.8, 4) is 5.75 Å². The zero-order chi connectivity index (χ0) is 15.2. The second-order valence-corrected chi connectivity index (χ2v) is 5.98. The van der Waals surface area contributed by atoms with Crippen molar-refractivity contribution in [1.29, 1.82) is 0 Å². The Bertz CT molecular complexity index is 578. The van der Waals surface area contributed by atoms with Crippen LogP contribution in [-0.2, 0) is 13.2 Å². The molecule has 0 heterocycles. The Morgan fingerprint density at radius 3 is 2.33 bits per heavy atom. The highest BCUT2D eigenvalue weighted by atomic mass is 35.5. The Balaban J connectivity index is 1.91. The number of aryl methyl sites for hydroxylation is 1. The van der Waals surface area contributed by atoms with Gasteiger partial charge in [0.05, 0.1) is 5.02 Å². The van der Waals surface area contributed by atoms with E-state index in [0.717, 1.165) is 23.4 Å². The van der Waals surface area contributed by atoms with Crippen molar-refractivity contribution < 1.29 is 4.74 Å². The largest absolute Gasteiger partial charge is 0.487 e. The van der Waals surface area contributed by atoms with Crippen LogP contribution in [0.4, 0.5) is 0 Å². The summed E-state index contributed by atoms with van der Waals surface area (Å²) in [4.78, 5) is 0. The van der Waals surface area contributed by atoms with Crippen molar-refractivity contribution in [3.63, 3.8) is 0 Å². The molecule has 2 rings (SSSR count). The molecule has 2 aromatic rings. The summed E-state index contributed by atoms with van der Waals surface area (Å²) in [6, 6.07) is 14.8. The van der Waals surface area contributed by atoms with Crippen LogP contribution in [0.5, 0.6) is 5.75 Å². The van der Waals surface area contributed by atoms with Gasteiger partial charge in [0.1, 0.15) is 12.4 Å². The molecule has 0 atom stereocenters. The summed E-state index contributed by atoms with van der Waals surface area (Å²) in [5, 5.41) is 4.06. The fourth-order valence-electron chi connectivity index (χ4n) is 1.96. The zero-order valence-electron chi connectivity index (χ0n) is 12.8. The van der Waals surface area contributed by atoms with E-state index in [1.807, 2.05) is 25.1 Å². The van der Waals surface area contributed by atoms with E-state index in [9.17, 15) is 0 Å². The van der Waals surface area contributed by atoms with Crippen LogP contribution in [0.3, 0.4) is 0 Å². The van der Waals surface area contributed by atoms with Crippen LogP contribution in [0.25, 0.3) is 0 Å². The maximum Gasteiger partial charge on any atom is 0.138 e. The zero-order valence-corrected chi connectivity index (χ0v) is 13.6. The predicted octanol–water partition coefficient (Wildman–Crippen LogP) is 4.73. The molecule has 21 heavy (non-hydrogen) atoms. The molecule has 0 amide bonds. The number of hydrogen-bond acceptors (Lipinski definition) is 2. The molecule has 0 bridgehead atoms. The molecular weight excluding hydrogens is 282 g/mol. The Morgan fingerprint density at radius 2 is 1.71 bits per heavy atom. The number of benzene rings is 2. The van der Waals surface area contributed by atoms with Gasteiger partial charge in [-0.15, -0.1) is 0 Å². The molecule has 0 spiro atoms. The Morgan fingerprint density at radius 1 is 1.05 bits per heavy atom. The molecule has 0 saturated carbocycles. The van der Waals surface area contributed by atoms with Gasteiger partial charge in [0.25, 0.3) is 0 Å². The Labute approximate surface area is 132 Å². The molecule has 3 heteroatoms. The maximum absolute atomic E-state index is 6.16. The molecule has 0 aliphatic rings. The second kappa shape index (κ2) is 7.48. The first-order valence-electron chi connectivity index (χ1n) is 7.25. The van der Waals surface area contributed by atoms with E-state index in [1.54, 1.807) is 0 Å². The van der Waals surface area contributed by atoms with E-state index >= 15 is 0 Å². The molecule has 2 aromatic carbocycles. The van der Waals surface area contributed by atoms with Crippen molar-refractivity contribution in [2.75, 3.05) is 0 Å². The van der Waals surface area contributed by atoms with Crippen LogP contribution < -0.4 is 10.1 Å². The minimum Gasteiger partial charge on any atom is -0.487 e. The standard InChI is InChI=1S/C18H22ClNO/c1-13(2)20-11-15-5-7-16(8-6-15)12-21-18-9-4-14(3)10-17(18)19/h4-10,13,20H,11-12H2,1-3H3. The summed E-state index contributed by atoms with van der Waals surface area (Å²) in [6.45, 7) is 7.73. The highest BCUT2D eigenvalue weighted by Gasteiger charge is 2.02. The van der Waals surface area contributed by atoms with Crippen LogP contribution in [0.15, 0.2) is 42.5 Å². The van der Waals surface area contributed by atoms with Gasteiger partial charge in [-0.1, -0.05) is 55.8 Å². The van der Waals surface area contributed by atoms with Crippen LogP contribution in [-0.4, -0.2) is 6.04 Å². The smallest absolute Gasteiger partial charge is 0.138 e. The van der Waals surface area contributed by atoms with Gasteiger partial charge in [-0.25, -0.2) is 0 Å². The first kappa shape index (κ1) is 15.9. The number of rotatable bonds is 6. The van der Waals surface area contributed by atoms with Gasteiger partial charge < -0.3 is 10.1 Å². The van der Waals surface area contributed by atoms with Crippen molar-refractivity contribution in [2.45, 2.75) is 40.0 Å². The summed E-state index contributed by atoms with van der Waals surface area (Å²) in [5.74, 6) is 0.729. The lowest BCUT2D eigenvalue weighted by Gasteiger charge is -2.10. The van der Waals surface area contributed by atoms with Crippen LogP contribution >= 0.6 is 11.6 Å².